The van der Waals surface area contributed by atoms with Crippen LogP contribution in [0.2, 0.25) is 0 Å². The first-order chi connectivity index (χ1) is 6.27. The molecular weight excluding hydrogens is 160 g/mol. The third-order valence-electron chi connectivity index (χ3n) is 2.09. The maximum Gasteiger partial charge on any atom is 0.128 e. The highest BCUT2D eigenvalue weighted by atomic mass is 14.9. The average Bonchev–Trinajstić information content (AvgIpc) is 2.12. The lowest BCUT2D eigenvalue weighted by molar-refractivity contribution is 0.785. The normalized spacial score (nSPS) is 10.4. The van der Waals surface area contributed by atoms with Gasteiger partial charge in [0, 0.05) is 18.3 Å². The van der Waals surface area contributed by atoms with Crippen LogP contribution in [0.1, 0.15) is 43.8 Å². The minimum absolute atomic E-state index is 0.997. The highest BCUT2D eigenvalue weighted by molar-refractivity contribution is 5.15. The standard InChI is InChI=1S/C11H18N2/c1-4-6-10-9(3)8-12-11(13-10)7-5-2/h8H,4-7H2,1-3H3. The van der Waals surface area contributed by atoms with E-state index in [9.17, 15) is 0 Å². The van der Waals surface area contributed by atoms with Crippen molar-refractivity contribution >= 4 is 0 Å². The monoisotopic (exact) mass is 178 g/mol. The summed E-state index contributed by atoms with van der Waals surface area (Å²) in [7, 11) is 0. The number of aryl methyl sites for hydroxylation is 3. The summed E-state index contributed by atoms with van der Waals surface area (Å²) in [5.41, 5.74) is 2.45. The van der Waals surface area contributed by atoms with E-state index >= 15 is 0 Å². The molecule has 1 aromatic rings. The molecule has 0 bridgehead atoms. The van der Waals surface area contributed by atoms with Crippen molar-refractivity contribution in [3.8, 4) is 0 Å². The van der Waals surface area contributed by atoms with Gasteiger partial charge in [-0.05, 0) is 25.3 Å². The first-order valence-corrected chi connectivity index (χ1v) is 5.09. The van der Waals surface area contributed by atoms with Crippen LogP contribution in [-0.2, 0) is 12.8 Å². The molecule has 2 heteroatoms. The van der Waals surface area contributed by atoms with Crippen LogP contribution >= 0.6 is 0 Å². The van der Waals surface area contributed by atoms with E-state index in [1.807, 2.05) is 6.20 Å². The zero-order valence-electron chi connectivity index (χ0n) is 8.80. The van der Waals surface area contributed by atoms with E-state index in [0.717, 1.165) is 31.5 Å². The molecule has 0 unspecified atom stereocenters. The minimum atomic E-state index is 0.997. The van der Waals surface area contributed by atoms with Crippen LogP contribution < -0.4 is 0 Å². The topological polar surface area (TPSA) is 25.8 Å². The highest BCUT2D eigenvalue weighted by Gasteiger charge is 2.01. The molecule has 0 aliphatic carbocycles. The van der Waals surface area contributed by atoms with Gasteiger partial charge in [-0.2, -0.15) is 0 Å². The van der Waals surface area contributed by atoms with Crippen molar-refractivity contribution in [1.82, 2.24) is 9.97 Å². The Hall–Kier alpha value is -0.920. The molecular formula is C11H18N2. The van der Waals surface area contributed by atoms with Crippen LogP contribution in [0.15, 0.2) is 6.20 Å². The van der Waals surface area contributed by atoms with Crippen LogP contribution in [0.5, 0.6) is 0 Å². The van der Waals surface area contributed by atoms with Gasteiger partial charge >= 0.3 is 0 Å². The first-order valence-electron chi connectivity index (χ1n) is 5.09. The third-order valence-corrected chi connectivity index (χ3v) is 2.09. The van der Waals surface area contributed by atoms with Gasteiger partial charge in [0.1, 0.15) is 5.82 Å². The van der Waals surface area contributed by atoms with Crippen molar-refractivity contribution in [2.75, 3.05) is 0 Å². The molecule has 0 aliphatic heterocycles. The summed E-state index contributed by atoms with van der Waals surface area (Å²) in [5, 5.41) is 0. The van der Waals surface area contributed by atoms with Crippen LogP contribution in [0.3, 0.4) is 0 Å². The van der Waals surface area contributed by atoms with E-state index in [-0.39, 0.29) is 0 Å². The molecule has 1 heterocycles. The maximum atomic E-state index is 4.54. The van der Waals surface area contributed by atoms with E-state index in [2.05, 4.69) is 30.7 Å². The Morgan fingerprint density at radius 1 is 1.15 bits per heavy atom. The van der Waals surface area contributed by atoms with E-state index in [1.54, 1.807) is 0 Å². The lowest BCUT2D eigenvalue weighted by Crippen LogP contribution is -2.01. The van der Waals surface area contributed by atoms with Gasteiger partial charge in [0.15, 0.2) is 0 Å². The zero-order valence-corrected chi connectivity index (χ0v) is 8.80. The predicted molar refractivity (Wildman–Crippen MR) is 54.8 cm³/mol. The molecule has 1 rings (SSSR count). The largest absolute Gasteiger partial charge is 0.241 e. The maximum absolute atomic E-state index is 4.54. The molecule has 0 fully saturated rings. The summed E-state index contributed by atoms with van der Waals surface area (Å²) in [6.45, 7) is 6.42. The molecule has 0 saturated carbocycles. The molecule has 0 radical (unpaired) electrons. The van der Waals surface area contributed by atoms with E-state index in [4.69, 9.17) is 0 Å². The van der Waals surface area contributed by atoms with Crippen molar-refractivity contribution in [3.05, 3.63) is 23.3 Å². The van der Waals surface area contributed by atoms with Gasteiger partial charge in [-0.1, -0.05) is 20.3 Å². The number of rotatable bonds is 4. The summed E-state index contributed by atoms with van der Waals surface area (Å²) >= 11 is 0. The Morgan fingerprint density at radius 2 is 1.85 bits per heavy atom. The number of aromatic nitrogens is 2. The molecule has 0 N–H and O–H groups in total. The molecule has 1 aromatic heterocycles. The first kappa shape index (κ1) is 10.2. The smallest absolute Gasteiger partial charge is 0.128 e. The molecule has 0 amide bonds. The van der Waals surface area contributed by atoms with E-state index in [1.165, 1.54) is 11.3 Å². The molecule has 13 heavy (non-hydrogen) atoms. The summed E-state index contributed by atoms with van der Waals surface area (Å²) in [6, 6.07) is 0. The lowest BCUT2D eigenvalue weighted by Gasteiger charge is -2.04. The quantitative estimate of drug-likeness (QED) is 0.708. The van der Waals surface area contributed by atoms with Crippen molar-refractivity contribution in [3.63, 3.8) is 0 Å². The Bertz CT molecular complexity index is 269. The van der Waals surface area contributed by atoms with Gasteiger partial charge in [-0.25, -0.2) is 9.97 Å². The van der Waals surface area contributed by atoms with Crippen molar-refractivity contribution in [2.45, 2.75) is 46.5 Å². The molecule has 0 aliphatic rings. The molecule has 0 saturated heterocycles. The Morgan fingerprint density at radius 3 is 2.46 bits per heavy atom. The fourth-order valence-electron chi connectivity index (χ4n) is 1.35. The van der Waals surface area contributed by atoms with Crippen LogP contribution in [0.25, 0.3) is 0 Å². The van der Waals surface area contributed by atoms with Crippen molar-refractivity contribution in [2.24, 2.45) is 0 Å². The van der Waals surface area contributed by atoms with Crippen LogP contribution in [-0.4, -0.2) is 9.97 Å². The zero-order chi connectivity index (χ0) is 9.68. The Kier molecular flexibility index (Phi) is 3.87. The highest BCUT2D eigenvalue weighted by Crippen LogP contribution is 2.07. The molecule has 72 valence electrons. The van der Waals surface area contributed by atoms with Crippen LogP contribution in [0, 0.1) is 6.92 Å². The second-order valence-corrected chi connectivity index (χ2v) is 3.42. The van der Waals surface area contributed by atoms with Gasteiger partial charge in [-0.15, -0.1) is 0 Å². The second kappa shape index (κ2) is 4.95. The van der Waals surface area contributed by atoms with Crippen LogP contribution in [0.4, 0.5) is 0 Å². The summed E-state index contributed by atoms with van der Waals surface area (Å²) in [5.74, 6) is 0.997. The van der Waals surface area contributed by atoms with Gasteiger partial charge in [0.2, 0.25) is 0 Å². The summed E-state index contributed by atoms with van der Waals surface area (Å²) < 4.78 is 0. The fourth-order valence-corrected chi connectivity index (χ4v) is 1.35. The van der Waals surface area contributed by atoms with Crippen molar-refractivity contribution < 1.29 is 0 Å². The predicted octanol–water partition coefficient (Wildman–Crippen LogP) is 2.69. The van der Waals surface area contributed by atoms with Crippen molar-refractivity contribution in [1.29, 1.82) is 0 Å². The van der Waals surface area contributed by atoms with Gasteiger partial charge < -0.3 is 0 Å². The number of nitrogens with zero attached hydrogens (tertiary/aromatic N) is 2. The third kappa shape index (κ3) is 2.79. The minimum Gasteiger partial charge on any atom is -0.241 e. The Balaban J connectivity index is 2.83. The summed E-state index contributed by atoms with van der Waals surface area (Å²) in [6.07, 6.45) is 6.29. The fraction of sp³-hybridized carbons (Fsp3) is 0.636. The lowest BCUT2D eigenvalue weighted by atomic mass is 10.1. The molecule has 0 aromatic carbocycles. The second-order valence-electron chi connectivity index (χ2n) is 3.42. The van der Waals surface area contributed by atoms with E-state index in [0.29, 0.717) is 0 Å². The Labute approximate surface area is 80.4 Å². The van der Waals surface area contributed by atoms with Gasteiger partial charge in [0.25, 0.3) is 0 Å². The molecule has 0 atom stereocenters. The number of hydrogen-bond acceptors (Lipinski definition) is 2. The SMILES string of the molecule is CCCc1ncc(C)c(CCC)n1. The van der Waals surface area contributed by atoms with E-state index < -0.39 is 0 Å². The molecule has 2 nitrogen and oxygen atoms in total. The summed E-state index contributed by atoms with van der Waals surface area (Å²) in [4.78, 5) is 8.84. The molecule has 0 spiro atoms. The average molecular weight is 178 g/mol. The van der Waals surface area contributed by atoms with Gasteiger partial charge in [-0.3, -0.25) is 0 Å². The van der Waals surface area contributed by atoms with Gasteiger partial charge in [0.05, 0.1) is 0 Å². The number of hydrogen-bond donors (Lipinski definition) is 0.